The van der Waals surface area contributed by atoms with E-state index in [-0.39, 0.29) is 30.4 Å². The molecule has 168 valence electrons. The Balaban J connectivity index is 1.33. The number of alkyl carbamates (subject to hydrolysis) is 1. The summed E-state index contributed by atoms with van der Waals surface area (Å²) in [5.74, 6) is -1.67. The Labute approximate surface area is 187 Å². The third-order valence-corrected chi connectivity index (χ3v) is 6.44. The van der Waals surface area contributed by atoms with Gasteiger partial charge in [0, 0.05) is 17.9 Å². The predicted molar refractivity (Wildman–Crippen MR) is 119 cm³/mol. The van der Waals surface area contributed by atoms with E-state index in [4.69, 9.17) is 9.84 Å². The van der Waals surface area contributed by atoms with Gasteiger partial charge in [-0.05, 0) is 48.4 Å². The van der Waals surface area contributed by atoms with Crippen LogP contribution in [0.3, 0.4) is 0 Å². The molecule has 0 bridgehead atoms. The molecule has 0 saturated heterocycles. The van der Waals surface area contributed by atoms with E-state index >= 15 is 0 Å². The number of carboxylic acid groups (broad SMARTS) is 1. The van der Waals surface area contributed by atoms with Crippen molar-refractivity contribution in [3.8, 4) is 11.1 Å². The van der Waals surface area contributed by atoms with E-state index in [9.17, 15) is 14.4 Å². The first kappa shape index (κ1) is 21.9. The second-order valence-electron chi connectivity index (χ2n) is 8.60. The minimum atomic E-state index is -1.07. The summed E-state index contributed by atoms with van der Waals surface area (Å²) in [6, 6.07) is 15.2. The third kappa shape index (κ3) is 4.61. The van der Waals surface area contributed by atoms with Gasteiger partial charge in [0.2, 0.25) is 5.91 Å². The molecule has 2 aromatic carbocycles. The number of amides is 2. The third-order valence-electron chi connectivity index (χ3n) is 6.44. The van der Waals surface area contributed by atoms with Crippen molar-refractivity contribution in [2.24, 2.45) is 5.92 Å². The van der Waals surface area contributed by atoms with Crippen LogP contribution in [0.5, 0.6) is 0 Å². The second-order valence-corrected chi connectivity index (χ2v) is 8.60. The van der Waals surface area contributed by atoms with Crippen molar-refractivity contribution >= 4 is 18.0 Å². The topological polar surface area (TPSA) is 105 Å². The Morgan fingerprint density at radius 2 is 1.66 bits per heavy atom. The Morgan fingerprint density at radius 3 is 2.28 bits per heavy atom. The molecule has 0 aliphatic heterocycles. The molecule has 7 nitrogen and oxygen atoms in total. The molecule has 0 radical (unpaired) electrons. The zero-order chi connectivity index (χ0) is 22.7. The highest BCUT2D eigenvalue weighted by Gasteiger charge is 2.31. The number of carbonyl (C=O) groups is 3. The van der Waals surface area contributed by atoms with Gasteiger partial charge in [-0.1, -0.05) is 55.0 Å². The van der Waals surface area contributed by atoms with Crippen LogP contribution in [-0.2, 0) is 14.3 Å². The molecule has 3 N–H and O–H groups in total. The van der Waals surface area contributed by atoms with Gasteiger partial charge in [0.1, 0.15) is 12.6 Å². The Hall–Kier alpha value is -3.35. The van der Waals surface area contributed by atoms with Crippen molar-refractivity contribution in [2.75, 3.05) is 6.61 Å². The zero-order valence-corrected chi connectivity index (χ0v) is 18.0. The molecule has 7 heteroatoms. The smallest absolute Gasteiger partial charge is 0.407 e. The minimum absolute atomic E-state index is 0.00413. The summed E-state index contributed by atoms with van der Waals surface area (Å²) in [4.78, 5) is 35.9. The van der Waals surface area contributed by atoms with Gasteiger partial charge in [0.15, 0.2) is 0 Å². The highest BCUT2D eigenvalue weighted by Crippen LogP contribution is 2.44. The second kappa shape index (κ2) is 9.42. The molecule has 2 amide bonds. The van der Waals surface area contributed by atoms with Gasteiger partial charge < -0.3 is 20.5 Å². The molecular formula is C25H28N2O5. The van der Waals surface area contributed by atoms with Crippen LogP contribution in [0, 0.1) is 5.92 Å². The molecule has 0 spiro atoms. The highest BCUT2D eigenvalue weighted by molar-refractivity contribution is 5.85. The lowest BCUT2D eigenvalue weighted by Gasteiger charge is -2.29. The Morgan fingerprint density at radius 1 is 1.03 bits per heavy atom. The van der Waals surface area contributed by atoms with Crippen molar-refractivity contribution in [1.82, 2.24) is 10.6 Å². The molecule has 4 rings (SSSR count). The number of carboxylic acids is 1. The lowest BCUT2D eigenvalue weighted by Crippen LogP contribution is -2.46. The lowest BCUT2D eigenvalue weighted by atomic mass is 9.85. The number of benzene rings is 2. The van der Waals surface area contributed by atoms with Crippen LogP contribution in [-0.4, -0.2) is 41.8 Å². The van der Waals surface area contributed by atoms with E-state index in [0.29, 0.717) is 12.8 Å². The first-order valence-electron chi connectivity index (χ1n) is 11.1. The molecule has 1 saturated carbocycles. The molecule has 0 heterocycles. The quantitative estimate of drug-likeness (QED) is 0.641. The molecule has 0 aromatic heterocycles. The standard InChI is InChI=1S/C25H28N2O5/c1-15(24(29)30)26-23(28)16-7-6-8-17(13-16)27-25(31)32-14-22-20-11-4-2-9-18(20)19-10-3-5-12-21(19)22/h2-5,9-12,15-17,22H,6-8,13-14H2,1H3,(H,26,28)(H,27,31)(H,29,30)/t15-,16-,17+/m0/s1. The van der Waals surface area contributed by atoms with Crippen molar-refractivity contribution in [3.05, 3.63) is 59.7 Å². The van der Waals surface area contributed by atoms with E-state index < -0.39 is 18.1 Å². The van der Waals surface area contributed by atoms with Crippen LogP contribution < -0.4 is 10.6 Å². The van der Waals surface area contributed by atoms with E-state index in [2.05, 4.69) is 34.9 Å². The fourth-order valence-electron chi connectivity index (χ4n) is 4.76. The maximum absolute atomic E-state index is 12.5. The highest BCUT2D eigenvalue weighted by atomic mass is 16.5. The van der Waals surface area contributed by atoms with Crippen LogP contribution in [0.25, 0.3) is 11.1 Å². The summed E-state index contributed by atoms with van der Waals surface area (Å²) in [6.07, 6.45) is 2.22. The van der Waals surface area contributed by atoms with Crippen molar-refractivity contribution in [3.63, 3.8) is 0 Å². The number of ether oxygens (including phenoxy) is 1. The first-order chi connectivity index (χ1) is 15.4. The van der Waals surface area contributed by atoms with Gasteiger partial charge >= 0.3 is 12.1 Å². The molecule has 3 atom stereocenters. The molecule has 2 aromatic rings. The van der Waals surface area contributed by atoms with Crippen molar-refractivity contribution < 1.29 is 24.2 Å². The Bertz CT molecular complexity index is 975. The fraction of sp³-hybridized carbons (Fsp3) is 0.400. The molecule has 32 heavy (non-hydrogen) atoms. The number of carbonyl (C=O) groups excluding carboxylic acids is 2. The summed E-state index contributed by atoms with van der Waals surface area (Å²) in [5.41, 5.74) is 4.66. The SMILES string of the molecule is C[C@H](NC(=O)[C@H]1CCC[C@@H](NC(=O)OCC2c3ccccc3-c3ccccc32)C1)C(=O)O. The number of aliphatic carboxylic acids is 1. The molecule has 1 fully saturated rings. The van der Waals surface area contributed by atoms with Gasteiger partial charge in [-0.2, -0.15) is 0 Å². The maximum atomic E-state index is 12.5. The average molecular weight is 437 g/mol. The average Bonchev–Trinajstić information content (AvgIpc) is 3.11. The molecule has 2 aliphatic carbocycles. The maximum Gasteiger partial charge on any atom is 0.407 e. The van der Waals surface area contributed by atoms with Crippen LogP contribution in [0.2, 0.25) is 0 Å². The van der Waals surface area contributed by atoms with E-state index in [1.165, 1.54) is 18.1 Å². The molecule has 2 aliphatic rings. The fourth-order valence-corrected chi connectivity index (χ4v) is 4.76. The Kier molecular flexibility index (Phi) is 6.44. The van der Waals surface area contributed by atoms with Crippen LogP contribution in [0.1, 0.15) is 49.7 Å². The predicted octanol–water partition coefficient (Wildman–Crippen LogP) is 3.67. The van der Waals surface area contributed by atoms with Gasteiger partial charge in [0.25, 0.3) is 0 Å². The number of hydrogen-bond donors (Lipinski definition) is 3. The lowest BCUT2D eigenvalue weighted by molar-refractivity contribution is -0.142. The summed E-state index contributed by atoms with van der Waals surface area (Å²) >= 11 is 0. The summed E-state index contributed by atoms with van der Waals surface area (Å²) < 4.78 is 5.61. The van der Waals surface area contributed by atoms with Crippen LogP contribution >= 0.6 is 0 Å². The van der Waals surface area contributed by atoms with Gasteiger partial charge in [-0.25, -0.2) is 4.79 Å². The van der Waals surface area contributed by atoms with E-state index in [0.717, 1.165) is 24.0 Å². The van der Waals surface area contributed by atoms with Gasteiger partial charge in [0.05, 0.1) is 0 Å². The molecule has 0 unspecified atom stereocenters. The number of fused-ring (bicyclic) bond motifs is 3. The number of nitrogens with one attached hydrogen (secondary N) is 2. The van der Waals surface area contributed by atoms with E-state index in [1.54, 1.807) is 0 Å². The van der Waals surface area contributed by atoms with Crippen molar-refractivity contribution in [2.45, 2.75) is 50.6 Å². The van der Waals surface area contributed by atoms with Crippen molar-refractivity contribution in [1.29, 1.82) is 0 Å². The van der Waals surface area contributed by atoms with Crippen LogP contribution in [0.4, 0.5) is 4.79 Å². The molecular weight excluding hydrogens is 408 g/mol. The zero-order valence-electron chi connectivity index (χ0n) is 18.0. The summed E-state index contributed by atoms with van der Waals surface area (Å²) in [7, 11) is 0. The summed E-state index contributed by atoms with van der Waals surface area (Å²) in [6.45, 7) is 1.68. The monoisotopic (exact) mass is 436 g/mol. The normalized spacial score (nSPS) is 20.5. The largest absolute Gasteiger partial charge is 0.480 e. The number of hydrogen-bond acceptors (Lipinski definition) is 4. The summed E-state index contributed by atoms with van der Waals surface area (Å²) in [5, 5.41) is 14.4. The van der Waals surface area contributed by atoms with Gasteiger partial charge in [-0.3, -0.25) is 9.59 Å². The van der Waals surface area contributed by atoms with Crippen LogP contribution in [0.15, 0.2) is 48.5 Å². The van der Waals surface area contributed by atoms with Gasteiger partial charge in [-0.15, -0.1) is 0 Å². The first-order valence-corrected chi connectivity index (χ1v) is 11.1. The number of rotatable bonds is 6. The van der Waals surface area contributed by atoms with E-state index in [1.807, 2.05) is 24.3 Å². The minimum Gasteiger partial charge on any atom is -0.480 e.